The molecule has 2 nitrogen and oxygen atoms in total. The van der Waals surface area contributed by atoms with E-state index in [4.69, 9.17) is 15.9 Å². The van der Waals surface area contributed by atoms with Crippen molar-refractivity contribution < 1.29 is 9.47 Å². The fraction of sp³-hybridized carbons (Fsp3) is 0.667. The molecule has 1 atom stereocenters. The second-order valence-corrected chi connectivity index (χ2v) is 3.78. The zero-order valence-corrected chi connectivity index (χ0v) is 8.95. The Labute approximate surface area is 86.3 Å². The lowest BCUT2D eigenvalue weighted by atomic mass is 9.92. The van der Waals surface area contributed by atoms with E-state index in [0.29, 0.717) is 25.0 Å². The lowest BCUT2D eigenvalue weighted by Gasteiger charge is -2.36. The van der Waals surface area contributed by atoms with Crippen molar-refractivity contribution in [3.05, 3.63) is 12.7 Å². The average molecular weight is 194 g/mol. The summed E-state index contributed by atoms with van der Waals surface area (Å²) in [6.07, 6.45) is 8.01. The molecule has 0 bridgehead atoms. The highest BCUT2D eigenvalue weighted by Gasteiger charge is 2.34. The third-order valence-corrected chi connectivity index (χ3v) is 2.94. The minimum atomic E-state index is -0.982. The number of ether oxygens (including phenoxy) is 2. The van der Waals surface area contributed by atoms with Crippen LogP contribution in [0, 0.1) is 24.2 Å². The van der Waals surface area contributed by atoms with Crippen molar-refractivity contribution >= 4 is 0 Å². The standard InChI is InChI=1S/C12H18O2/c1-5-10(4)11-8-13-12(6-2,7-3)14-9-11/h2,7,10-11H,3,5,8-9H2,1,4H3. The van der Waals surface area contributed by atoms with Gasteiger partial charge in [-0.25, -0.2) is 0 Å². The van der Waals surface area contributed by atoms with Crippen LogP contribution < -0.4 is 0 Å². The minimum Gasteiger partial charge on any atom is -0.336 e. The first-order valence-corrected chi connectivity index (χ1v) is 5.06. The van der Waals surface area contributed by atoms with Crippen molar-refractivity contribution in [2.75, 3.05) is 13.2 Å². The lowest BCUT2D eigenvalue weighted by molar-refractivity contribution is -0.226. The highest BCUT2D eigenvalue weighted by molar-refractivity contribution is 5.13. The van der Waals surface area contributed by atoms with E-state index in [-0.39, 0.29) is 0 Å². The van der Waals surface area contributed by atoms with E-state index in [0.717, 1.165) is 6.42 Å². The highest BCUT2D eigenvalue weighted by atomic mass is 16.7. The van der Waals surface area contributed by atoms with Gasteiger partial charge in [0, 0.05) is 5.92 Å². The third kappa shape index (κ3) is 2.17. The molecule has 0 N–H and O–H groups in total. The quantitative estimate of drug-likeness (QED) is 0.506. The topological polar surface area (TPSA) is 18.5 Å². The molecule has 0 aromatic heterocycles. The fourth-order valence-electron chi connectivity index (χ4n) is 1.47. The zero-order chi connectivity index (χ0) is 10.6. The van der Waals surface area contributed by atoms with Crippen LogP contribution in [0.2, 0.25) is 0 Å². The summed E-state index contributed by atoms with van der Waals surface area (Å²) in [5.41, 5.74) is 0. The first-order valence-electron chi connectivity index (χ1n) is 5.06. The second-order valence-electron chi connectivity index (χ2n) is 3.78. The van der Waals surface area contributed by atoms with Gasteiger partial charge in [0.1, 0.15) is 0 Å². The monoisotopic (exact) mass is 194 g/mol. The van der Waals surface area contributed by atoms with Gasteiger partial charge in [-0.1, -0.05) is 26.8 Å². The van der Waals surface area contributed by atoms with Gasteiger partial charge < -0.3 is 9.47 Å². The molecule has 14 heavy (non-hydrogen) atoms. The molecule has 2 heteroatoms. The minimum absolute atomic E-state index is 0.446. The molecule has 1 aliphatic heterocycles. The van der Waals surface area contributed by atoms with Gasteiger partial charge in [-0.2, -0.15) is 0 Å². The highest BCUT2D eigenvalue weighted by Crippen LogP contribution is 2.27. The Kier molecular flexibility index (Phi) is 3.74. The van der Waals surface area contributed by atoms with Crippen LogP contribution in [-0.4, -0.2) is 19.0 Å². The van der Waals surface area contributed by atoms with Crippen LogP contribution in [0.25, 0.3) is 0 Å². The van der Waals surface area contributed by atoms with Crippen LogP contribution in [0.5, 0.6) is 0 Å². The summed E-state index contributed by atoms with van der Waals surface area (Å²) in [5, 5.41) is 0. The predicted octanol–water partition coefficient (Wildman–Crippen LogP) is 2.21. The van der Waals surface area contributed by atoms with Gasteiger partial charge in [0.15, 0.2) is 0 Å². The molecule has 0 spiro atoms. The molecule has 0 amide bonds. The Morgan fingerprint density at radius 3 is 2.57 bits per heavy atom. The van der Waals surface area contributed by atoms with Crippen molar-refractivity contribution in [2.45, 2.75) is 26.1 Å². The van der Waals surface area contributed by atoms with E-state index in [1.165, 1.54) is 0 Å². The zero-order valence-electron chi connectivity index (χ0n) is 8.95. The molecule has 78 valence electrons. The van der Waals surface area contributed by atoms with Crippen molar-refractivity contribution in [3.8, 4) is 12.3 Å². The summed E-state index contributed by atoms with van der Waals surface area (Å²) in [4.78, 5) is 0. The van der Waals surface area contributed by atoms with Crippen LogP contribution >= 0.6 is 0 Å². The van der Waals surface area contributed by atoms with E-state index in [9.17, 15) is 0 Å². The Bertz CT molecular complexity index is 231. The van der Waals surface area contributed by atoms with Crippen LogP contribution in [0.1, 0.15) is 20.3 Å². The van der Waals surface area contributed by atoms with Gasteiger partial charge in [-0.15, -0.1) is 6.42 Å². The molecule has 1 saturated heterocycles. The molecule has 0 aliphatic carbocycles. The Hall–Kier alpha value is -0.780. The molecule has 0 saturated carbocycles. The normalized spacial score (nSPS) is 34.5. The largest absolute Gasteiger partial charge is 0.336 e. The molecule has 0 aromatic rings. The Morgan fingerprint density at radius 1 is 1.64 bits per heavy atom. The summed E-state index contributed by atoms with van der Waals surface area (Å²) in [7, 11) is 0. The summed E-state index contributed by atoms with van der Waals surface area (Å²) in [5.74, 6) is 2.55. The van der Waals surface area contributed by atoms with E-state index in [2.05, 4.69) is 26.3 Å². The van der Waals surface area contributed by atoms with Crippen molar-refractivity contribution in [3.63, 3.8) is 0 Å². The number of rotatable bonds is 3. The second kappa shape index (κ2) is 4.63. The van der Waals surface area contributed by atoms with Gasteiger partial charge in [0.05, 0.1) is 13.2 Å². The van der Waals surface area contributed by atoms with Crippen LogP contribution in [-0.2, 0) is 9.47 Å². The lowest BCUT2D eigenvalue weighted by Crippen LogP contribution is -2.43. The maximum atomic E-state index is 5.52. The molecule has 1 rings (SSSR count). The summed E-state index contributed by atoms with van der Waals surface area (Å²) in [6.45, 7) is 9.31. The maximum Gasteiger partial charge on any atom is 0.253 e. The van der Waals surface area contributed by atoms with Gasteiger partial charge in [0.2, 0.25) is 0 Å². The van der Waals surface area contributed by atoms with Crippen molar-refractivity contribution in [2.24, 2.45) is 11.8 Å². The summed E-state index contributed by atoms with van der Waals surface area (Å²) in [6, 6.07) is 0. The van der Waals surface area contributed by atoms with Crippen molar-refractivity contribution in [1.82, 2.24) is 0 Å². The summed E-state index contributed by atoms with van der Waals surface area (Å²) < 4.78 is 11.0. The van der Waals surface area contributed by atoms with E-state index in [1.54, 1.807) is 6.08 Å². The molecule has 1 heterocycles. The Balaban J connectivity index is 2.54. The van der Waals surface area contributed by atoms with E-state index >= 15 is 0 Å². The molecular weight excluding hydrogens is 176 g/mol. The molecule has 1 aliphatic rings. The fourth-order valence-corrected chi connectivity index (χ4v) is 1.47. The summed E-state index contributed by atoms with van der Waals surface area (Å²) >= 11 is 0. The van der Waals surface area contributed by atoms with Gasteiger partial charge >= 0.3 is 0 Å². The number of terminal acetylenes is 1. The molecule has 1 fully saturated rings. The first-order chi connectivity index (χ1) is 6.67. The molecule has 1 unspecified atom stereocenters. The smallest absolute Gasteiger partial charge is 0.253 e. The van der Waals surface area contributed by atoms with Gasteiger partial charge in [-0.3, -0.25) is 0 Å². The van der Waals surface area contributed by atoms with Gasteiger partial charge in [0.25, 0.3) is 5.79 Å². The maximum absolute atomic E-state index is 5.52. The average Bonchev–Trinajstić information content (AvgIpc) is 2.28. The first kappa shape index (κ1) is 11.3. The predicted molar refractivity (Wildman–Crippen MR) is 56.6 cm³/mol. The molecule has 0 aromatic carbocycles. The van der Waals surface area contributed by atoms with E-state index in [1.807, 2.05) is 0 Å². The molecule has 0 radical (unpaired) electrons. The Morgan fingerprint density at radius 2 is 2.21 bits per heavy atom. The number of hydrogen-bond acceptors (Lipinski definition) is 2. The van der Waals surface area contributed by atoms with Crippen LogP contribution in [0.15, 0.2) is 12.7 Å². The van der Waals surface area contributed by atoms with Crippen LogP contribution in [0.3, 0.4) is 0 Å². The number of hydrogen-bond donors (Lipinski definition) is 0. The third-order valence-electron chi connectivity index (χ3n) is 2.94. The SMILES string of the molecule is C#CC1(C=C)OCC(C(C)CC)CO1. The van der Waals surface area contributed by atoms with Gasteiger partial charge in [-0.05, 0) is 17.9 Å². The van der Waals surface area contributed by atoms with E-state index < -0.39 is 5.79 Å². The van der Waals surface area contributed by atoms with Crippen molar-refractivity contribution in [1.29, 1.82) is 0 Å². The van der Waals surface area contributed by atoms with Crippen LogP contribution in [0.4, 0.5) is 0 Å². The molecular formula is C12H18O2.